The van der Waals surface area contributed by atoms with Crippen molar-refractivity contribution in [1.82, 2.24) is 4.72 Å². The number of halogens is 1. The summed E-state index contributed by atoms with van der Waals surface area (Å²) in [6.07, 6.45) is 4.98. The van der Waals surface area contributed by atoms with Gasteiger partial charge < -0.3 is 9.47 Å². The Labute approximate surface area is 128 Å². The van der Waals surface area contributed by atoms with Crippen molar-refractivity contribution < 1.29 is 22.7 Å². The van der Waals surface area contributed by atoms with Crippen molar-refractivity contribution in [3.05, 3.63) is 28.8 Å². The van der Waals surface area contributed by atoms with Gasteiger partial charge in [-0.2, -0.15) is 0 Å². The maximum Gasteiger partial charge on any atom is 0.340 e. The highest BCUT2D eigenvalue weighted by molar-refractivity contribution is 7.89. The minimum Gasteiger partial charge on any atom is -0.449 e. The Morgan fingerprint density at radius 1 is 1.48 bits per heavy atom. The number of rotatable bonds is 7. The van der Waals surface area contributed by atoms with Gasteiger partial charge in [0.1, 0.15) is 0 Å². The highest BCUT2D eigenvalue weighted by Crippen LogP contribution is 2.21. The van der Waals surface area contributed by atoms with Crippen LogP contribution in [0.25, 0.3) is 0 Å². The molecule has 0 atom stereocenters. The third-order valence-corrected chi connectivity index (χ3v) is 4.14. The van der Waals surface area contributed by atoms with Crippen molar-refractivity contribution in [3.8, 4) is 12.3 Å². The monoisotopic (exact) mass is 331 g/mol. The Balaban J connectivity index is 3.01. The summed E-state index contributed by atoms with van der Waals surface area (Å²) in [6.45, 7) is 0.112. The van der Waals surface area contributed by atoms with Crippen LogP contribution in [0.3, 0.4) is 0 Å². The molecule has 0 saturated carbocycles. The smallest absolute Gasteiger partial charge is 0.340 e. The molecule has 1 N–H and O–H groups in total. The Kier molecular flexibility index (Phi) is 6.65. The molecular weight excluding hydrogens is 318 g/mol. The van der Waals surface area contributed by atoms with E-state index in [2.05, 4.69) is 10.6 Å². The maximum atomic E-state index is 12.0. The van der Waals surface area contributed by atoms with E-state index >= 15 is 0 Å². The van der Waals surface area contributed by atoms with Gasteiger partial charge in [-0.05, 0) is 18.2 Å². The molecule has 0 aliphatic carbocycles. The van der Waals surface area contributed by atoms with Crippen molar-refractivity contribution >= 4 is 27.6 Å². The van der Waals surface area contributed by atoms with Crippen molar-refractivity contribution in [2.45, 2.75) is 4.90 Å². The number of carbonyl (C=O) groups is 1. The third-order valence-electron chi connectivity index (χ3n) is 2.35. The molecule has 0 radical (unpaired) electrons. The van der Waals surface area contributed by atoms with E-state index in [1.165, 1.54) is 19.2 Å². The molecule has 0 aromatic heterocycles. The molecule has 0 unspecified atom stereocenters. The topological polar surface area (TPSA) is 81.7 Å². The molecule has 114 valence electrons. The predicted octanol–water partition coefficient (Wildman–Crippen LogP) is 1.05. The summed E-state index contributed by atoms with van der Waals surface area (Å²) >= 11 is 5.86. The average molecular weight is 332 g/mol. The van der Waals surface area contributed by atoms with E-state index < -0.39 is 16.0 Å². The fourth-order valence-electron chi connectivity index (χ4n) is 1.37. The molecule has 1 aromatic rings. The van der Waals surface area contributed by atoms with Gasteiger partial charge in [-0.25, -0.2) is 17.9 Å². The quantitative estimate of drug-likeness (QED) is 0.459. The molecule has 6 nitrogen and oxygen atoms in total. The number of nitrogens with one attached hydrogen (secondary N) is 1. The molecule has 1 rings (SSSR count). The number of carbonyl (C=O) groups excluding carboxylic acids is 1. The van der Waals surface area contributed by atoms with Crippen LogP contribution in [-0.2, 0) is 19.5 Å². The van der Waals surface area contributed by atoms with E-state index in [0.717, 1.165) is 6.07 Å². The molecule has 0 saturated heterocycles. The second kappa shape index (κ2) is 8.00. The van der Waals surface area contributed by atoms with Crippen LogP contribution in [0, 0.1) is 12.3 Å². The normalized spacial score (nSPS) is 10.9. The zero-order valence-corrected chi connectivity index (χ0v) is 12.8. The summed E-state index contributed by atoms with van der Waals surface area (Å²) < 4.78 is 35.8. The van der Waals surface area contributed by atoms with Gasteiger partial charge in [-0.1, -0.05) is 17.5 Å². The summed E-state index contributed by atoms with van der Waals surface area (Å²) in [7, 11) is -2.31. The van der Waals surface area contributed by atoms with Crippen LogP contribution in [0.1, 0.15) is 10.4 Å². The summed E-state index contributed by atoms with van der Waals surface area (Å²) in [5.41, 5.74) is -0.0680. The van der Waals surface area contributed by atoms with Crippen LogP contribution in [0.4, 0.5) is 0 Å². The number of terminal acetylenes is 1. The van der Waals surface area contributed by atoms with Gasteiger partial charge in [0.15, 0.2) is 6.61 Å². The molecule has 0 fully saturated rings. The first-order valence-electron chi connectivity index (χ1n) is 5.81. The fraction of sp³-hybridized carbons (Fsp3) is 0.308. The lowest BCUT2D eigenvalue weighted by Crippen LogP contribution is -2.27. The number of sulfonamides is 1. The largest absolute Gasteiger partial charge is 0.449 e. The predicted molar refractivity (Wildman–Crippen MR) is 77.6 cm³/mol. The Morgan fingerprint density at radius 3 is 2.81 bits per heavy atom. The summed E-state index contributed by atoms with van der Waals surface area (Å²) in [6, 6.07) is 3.73. The molecule has 8 heteroatoms. The van der Waals surface area contributed by atoms with Crippen molar-refractivity contribution in [1.29, 1.82) is 0 Å². The summed E-state index contributed by atoms with van der Waals surface area (Å²) in [4.78, 5) is 11.6. The second-order valence-corrected chi connectivity index (χ2v) is 5.99. The van der Waals surface area contributed by atoms with E-state index in [0.29, 0.717) is 0 Å². The first kappa shape index (κ1) is 17.5. The minimum absolute atomic E-state index is 0.0680. The molecule has 0 aliphatic heterocycles. The van der Waals surface area contributed by atoms with Crippen LogP contribution >= 0.6 is 11.6 Å². The molecule has 21 heavy (non-hydrogen) atoms. The molecule has 0 spiro atoms. The van der Waals surface area contributed by atoms with Crippen molar-refractivity contribution in [2.75, 3.05) is 26.9 Å². The van der Waals surface area contributed by atoms with Crippen LogP contribution in [0.5, 0.6) is 0 Å². The van der Waals surface area contributed by atoms with E-state index in [1.54, 1.807) is 0 Å². The van der Waals surface area contributed by atoms with Crippen LogP contribution < -0.4 is 4.72 Å². The zero-order chi connectivity index (χ0) is 15.9. The maximum absolute atomic E-state index is 12.0. The van der Waals surface area contributed by atoms with E-state index in [1.807, 2.05) is 0 Å². The molecule has 0 heterocycles. The van der Waals surface area contributed by atoms with Gasteiger partial charge in [0.25, 0.3) is 0 Å². The SMILES string of the molecule is C#CCOC(=O)c1cc(S(=O)(=O)NCCOC)ccc1Cl. The molecular formula is C13H14ClNO5S. The standard InChI is InChI=1S/C13H14ClNO5S/c1-3-7-20-13(16)11-9-10(4-5-12(11)14)21(17,18)15-6-8-19-2/h1,4-5,9,15H,6-8H2,2H3. The lowest BCUT2D eigenvalue weighted by Gasteiger charge is -2.09. The zero-order valence-electron chi connectivity index (χ0n) is 11.3. The number of esters is 1. The van der Waals surface area contributed by atoms with Crippen LogP contribution in [0.2, 0.25) is 5.02 Å². The third kappa shape index (κ3) is 5.02. The summed E-state index contributed by atoms with van der Waals surface area (Å²) in [5, 5.41) is 0.0767. The second-order valence-electron chi connectivity index (χ2n) is 3.81. The number of methoxy groups -OCH3 is 1. The van der Waals surface area contributed by atoms with Gasteiger partial charge in [0, 0.05) is 13.7 Å². The lowest BCUT2D eigenvalue weighted by molar-refractivity contribution is 0.0556. The van der Waals surface area contributed by atoms with Gasteiger partial charge in [0.05, 0.1) is 22.1 Å². The van der Waals surface area contributed by atoms with Crippen molar-refractivity contribution in [3.63, 3.8) is 0 Å². The highest BCUT2D eigenvalue weighted by Gasteiger charge is 2.19. The first-order valence-corrected chi connectivity index (χ1v) is 7.67. The van der Waals surface area contributed by atoms with E-state index in [4.69, 9.17) is 27.5 Å². The average Bonchev–Trinajstić information content (AvgIpc) is 2.45. The molecule has 1 aromatic carbocycles. The van der Waals surface area contributed by atoms with Gasteiger partial charge in [0.2, 0.25) is 10.0 Å². The van der Waals surface area contributed by atoms with Crippen molar-refractivity contribution in [2.24, 2.45) is 0 Å². The van der Waals surface area contributed by atoms with E-state index in [-0.39, 0.29) is 35.2 Å². The van der Waals surface area contributed by atoms with E-state index in [9.17, 15) is 13.2 Å². The van der Waals surface area contributed by atoms with Gasteiger partial charge >= 0.3 is 5.97 Å². The molecule has 0 amide bonds. The highest BCUT2D eigenvalue weighted by atomic mass is 35.5. The van der Waals surface area contributed by atoms with Crippen LogP contribution in [0.15, 0.2) is 23.1 Å². The first-order chi connectivity index (χ1) is 9.92. The Morgan fingerprint density at radius 2 is 2.19 bits per heavy atom. The van der Waals surface area contributed by atoms with Crippen LogP contribution in [-0.4, -0.2) is 41.3 Å². The van der Waals surface area contributed by atoms with Gasteiger partial charge in [-0.3, -0.25) is 0 Å². The number of benzene rings is 1. The Hall–Kier alpha value is -1.59. The van der Waals surface area contributed by atoms with Gasteiger partial charge in [-0.15, -0.1) is 6.42 Å². The number of hydrogen-bond acceptors (Lipinski definition) is 5. The number of ether oxygens (including phenoxy) is 2. The number of hydrogen-bond donors (Lipinski definition) is 1. The molecule has 0 bridgehead atoms. The Bertz CT molecular complexity index is 651. The lowest BCUT2D eigenvalue weighted by atomic mass is 10.2. The minimum atomic E-state index is -3.76. The summed E-state index contributed by atoms with van der Waals surface area (Å²) in [5.74, 6) is 1.35. The fourth-order valence-corrected chi connectivity index (χ4v) is 2.61. The molecule has 0 aliphatic rings.